The van der Waals surface area contributed by atoms with Gasteiger partial charge >= 0.3 is 5.97 Å². The standard InChI is InChI=1S/C4H8O2.2Ti/c1-3-6-4(2)5;;/h3H2,1-2H3;;. The molecule has 2 nitrogen and oxygen atoms in total. The summed E-state index contributed by atoms with van der Waals surface area (Å²) in [5.74, 6) is -0.211. The van der Waals surface area contributed by atoms with Gasteiger partial charge in [0, 0.05) is 50.4 Å². The van der Waals surface area contributed by atoms with Crippen molar-refractivity contribution in [1.82, 2.24) is 0 Å². The Morgan fingerprint density at radius 1 is 1.50 bits per heavy atom. The molecule has 0 aliphatic carbocycles. The molecule has 0 bridgehead atoms. The van der Waals surface area contributed by atoms with Gasteiger partial charge in [0.05, 0.1) is 6.61 Å². The summed E-state index contributed by atoms with van der Waals surface area (Å²) in [7, 11) is 0. The minimum absolute atomic E-state index is 0. The van der Waals surface area contributed by atoms with Gasteiger partial charge < -0.3 is 4.74 Å². The molecule has 0 saturated heterocycles. The summed E-state index contributed by atoms with van der Waals surface area (Å²) < 4.78 is 4.40. The molecule has 0 aromatic carbocycles. The van der Waals surface area contributed by atoms with Crippen LogP contribution >= 0.6 is 0 Å². The van der Waals surface area contributed by atoms with Gasteiger partial charge in [-0.25, -0.2) is 0 Å². The smallest absolute Gasteiger partial charge is 0.302 e. The zero-order chi connectivity index (χ0) is 4.99. The molecule has 0 atom stereocenters. The van der Waals surface area contributed by atoms with Crippen LogP contribution in [0.1, 0.15) is 13.8 Å². The number of ether oxygens (including phenoxy) is 1. The number of hydrogen-bond acceptors (Lipinski definition) is 2. The van der Waals surface area contributed by atoms with E-state index in [0.717, 1.165) is 0 Å². The quantitative estimate of drug-likeness (QED) is 0.439. The fourth-order valence-corrected chi connectivity index (χ4v) is 0.203. The third-order valence-corrected chi connectivity index (χ3v) is 0.348. The normalized spacial score (nSPS) is 5.75. The molecule has 0 aliphatic rings. The van der Waals surface area contributed by atoms with Gasteiger partial charge in [-0.1, -0.05) is 0 Å². The van der Waals surface area contributed by atoms with E-state index in [2.05, 4.69) is 4.74 Å². The van der Waals surface area contributed by atoms with Crippen LogP contribution in [0, 0.1) is 0 Å². The summed E-state index contributed by atoms with van der Waals surface area (Å²) in [6.45, 7) is 3.65. The number of carbonyl (C=O) groups excluding carboxylic acids is 1. The number of hydrogen-bond donors (Lipinski definition) is 0. The first kappa shape index (κ1) is 16.0. The van der Waals surface area contributed by atoms with Crippen LogP contribution < -0.4 is 0 Å². The van der Waals surface area contributed by atoms with Crippen LogP contribution in [-0.2, 0) is 53.0 Å². The first-order chi connectivity index (χ1) is 2.77. The van der Waals surface area contributed by atoms with Gasteiger partial charge in [-0.2, -0.15) is 0 Å². The van der Waals surface area contributed by atoms with Crippen LogP contribution in [0.25, 0.3) is 0 Å². The third kappa shape index (κ3) is 15.8. The zero-order valence-corrected chi connectivity index (χ0v) is 8.15. The van der Waals surface area contributed by atoms with Crippen molar-refractivity contribution in [3.63, 3.8) is 0 Å². The molecule has 0 spiro atoms. The summed E-state index contributed by atoms with van der Waals surface area (Å²) >= 11 is 0. The van der Waals surface area contributed by atoms with Crippen molar-refractivity contribution in [2.45, 2.75) is 13.8 Å². The van der Waals surface area contributed by atoms with Crippen LogP contribution in [0.3, 0.4) is 0 Å². The average Bonchev–Trinajstić information content (AvgIpc) is 1.35. The van der Waals surface area contributed by atoms with Crippen molar-refractivity contribution < 1.29 is 53.0 Å². The number of carbonyl (C=O) groups is 1. The molecular weight excluding hydrogens is 176 g/mol. The maximum atomic E-state index is 9.82. The van der Waals surface area contributed by atoms with Gasteiger partial charge in [0.25, 0.3) is 0 Å². The molecule has 8 heavy (non-hydrogen) atoms. The van der Waals surface area contributed by atoms with Crippen molar-refractivity contribution >= 4 is 5.97 Å². The van der Waals surface area contributed by atoms with E-state index < -0.39 is 0 Å². The van der Waals surface area contributed by atoms with Gasteiger partial charge in [-0.3, -0.25) is 4.79 Å². The first-order valence-electron chi connectivity index (χ1n) is 1.90. The van der Waals surface area contributed by atoms with E-state index >= 15 is 0 Å². The van der Waals surface area contributed by atoms with Crippen molar-refractivity contribution in [2.75, 3.05) is 6.61 Å². The summed E-state index contributed by atoms with van der Waals surface area (Å²) in [6.07, 6.45) is 0. The fourth-order valence-electron chi connectivity index (χ4n) is 0.203. The summed E-state index contributed by atoms with van der Waals surface area (Å²) in [4.78, 5) is 9.82. The van der Waals surface area contributed by atoms with Crippen molar-refractivity contribution in [1.29, 1.82) is 0 Å². The van der Waals surface area contributed by atoms with Gasteiger partial charge in [0.15, 0.2) is 0 Å². The second-order valence-electron chi connectivity index (χ2n) is 0.925. The second kappa shape index (κ2) is 10.8. The Bertz CT molecular complexity index is 56.0. The van der Waals surface area contributed by atoms with E-state index in [9.17, 15) is 4.79 Å². The van der Waals surface area contributed by atoms with Crippen molar-refractivity contribution in [3.8, 4) is 0 Å². The molecule has 44 valence electrons. The zero-order valence-electron chi connectivity index (χ0n) is 5.02. The SMILES string of the molecule is CCOC(C)=O.[Ti].[Ti]. The molecule has 0 aliphatic heterocycles. The maximum Gasteiger partial charge on any atom is 0.302 e. The Morgan fingerprint density at radius 2 is 1.88 bits per heavy atom. The molecule has 0 heterocycles. The van der Waals surface area contributed by atoms with Gasteiger partial charge in [0.2, 0.25) is 0 Å². The molecule has 0 radical (unpaired) electrons. The van der Waals surface area contributed by atoms with E-state index in [1.807, 2.05) is 0 Å². The summed E-state index contributed by atoms with van der Waals surface area (Å²) in [5.41, 5.74) is 0. The third-order valence-electron chi connectivity index (χ3n) is 0.348. The molecular formula is C4H8O2Ti2. The van der Waals surface area contributed by atoms with Gasteiger partial charge in [-0.05, 0) is 6.92 Å². The van der Waals surface area contributed by atoms with Crippen molar-refractivity contribution in [3.05, 3.63) is 0 Å². The Balaban J connectivity index is -0.000000125. The minimum atomic E-state index is -0.211. The molecule has 0 saturated carbocycles. The molecule has 0 unspecified atom stereocenters. The van der Waals surface area contributed by atoms with E-state index in [4.69, 9.17) is 0 Å². The minimum Gasteiger partial charge on any atom is -0.466 e. The van der Waals surface area contributed by atoms with E-state index in [-0.39, 0.29) is 49.4 Å². The van der Waals surface area contributed by atoms with E-state index in [1.54, 1.807) is 6.92 Å². The number of rotatable bonds is 1. The van der Waals surface area contributed by atoms with Crippen LogP contribution in [0.5, 0.6) is 0 Å². The predicted octanol–water partition coefficient (Wildman–Crippen LogP) is 0.564. The molecule has 0 rings (SSSR count). The second-order valence-corrected chi connectivity index (χ2v) is 0.925. The summed E-state index contributed by atoms with van der Waals surface area (Å²) in [6, 6.07) is 0. The van der Waals surface area contributed by atoms with Crippen LogP contribution in [-0.4, -0.2) is 12.6 Å². The number of esters is 1. The average molecular weight is 184 g/mol. The Morgan fingerprint density at radius 3 is 1.88 bits per heavy atom. The fraction of sp³-hybridized carbons (Fsp3) is 0.750. The topological polar surface area (TPSA) is 26.3 Å². The molecule has 0 aromatic rings. The molecule has 0 fully saturated rings. The van der Waals surface area contributed by atoms with Gasteiger partial charge in [0.1, 0.15) is 0 Å². The monoisotopic (exact) mass is 184 g/mol. The molecule has 0 aromatic heterocycles. The van der Waals surface area contributed by atoms with E-state index in [1.165, 1.54) is 6.92 Å². The molecule has 4 heteroatoms. The maximum absolute atomic E-state index is 9.82. The molecule has 0 N–H and O–H groups in total. The first-order valence-corrected chi connectivity index (χ1v) is 1.90. The largest absolute Gasteiger partial charge is 0.466 e. The van der Waals surface area contributed by atoms with Crippen molar-refractivity contribution in [2.24, 2.45) is 0 Å². The Labute approximate surface area is 79.1 Å². The van der Waals surface area contributed by atoms with Crippen LogP contribution in [0.4, 0.5) is 0 Å². The predicted molar refractivity (Wildman–Crippen MR) is 22.3 cm³/mol. The van der Waals surface area contributed by atoms with Crippen LogP contribution in [0.15, 0.2) is 0 Å². The van der Waals surface area contributed by atoms with E-state index in [0.29, 0.717) is 6.61 Å². The molecule has 0 amide bonds. The summed E-state index contributed by atoms with van der Waals surface area (Å²) in [5, 5.41) is 0. The van der Waals surface area contributed by atoms with Crippen LogP contribution in [0.2, 0.25) is 0 Å². The Kier molecular flexibility index (Phi) is 21.5. The van der Waals surface area contributed by atoms with Gasteiger partial charge in [-0.15, -0.1) is 0 Å². The Hall–Kier alpha value is 0.899.